The quantitative estimate of drug-likeness (QED) is 0.332. The SMILES string of the molecule is CCC[C@H]1C[C@H](C)S(=O)(=O)c2sc(SSc3cc4c(s3)S(=O)(=O)[C@@H](C)C[C@@H]4CCC)cc21. The van der Waals surface area contributed by atoms with Crippen molar-refractivity contribution in [1.29, 1.82) is 0 Å². The van der Waals surface area contributed by atoms with E-state index in [1.807, 2.05) is 13.8 Å². The van der Waals surface area contributed by atoms with Gasteiger partial charge in [-0.3, -0.25) is 0 Å². The molecule has 4 heterocycles. The van der Waals surface area contributed by atoms with Crippen LogP contribution in [0.3, 0.4) is 0 Å². The second-order valence-electron chi connectivity index (χ2n) is 8.94. The summed E-state index contributed by atoms with van der Waals surface area (Å²) in [5, 5.41) is -0.662. The zero-order chi connectivity index (χ0) is 23.3. The molecule has 4 atom stereocenters. The Morgan fingerprint density at radius 1 is 0.781 bits per heavy atom. The van der Waals surface area contributed by atoms with Crippen molar-refractivity contribution < 1.29 is 16.8 Å². The van der Waals surface area contributed by atoms with Crippen molar-refractivity contribution in [3.8, 4) is 0 Å². The normalized spacial score (nSPS) is 28.2. The second kappa shape index (κ2) is 9.57. The minimum absolute atomic E-state index is 0.305. The summed E-state index contributed by atoms with van der Waals surface area (Å²) in [6.07, 6.45) is 5.49. The van der Waals surface area contributed by atoms with Gasteiger partial charge in [-0.05, 0) is 96.2 Å². The molecule has 0 amide bonds. The topological polar surface area (TPSA) is 68.3 Å². The molecule has 0 spiro atoms. The maximum atomic E-state index is 12.9. The lowest BCUT2D eigenvalue weighted by molar-refractivity contribution is 0.512. The van der Waals surface area contributed by atoms with Crippen LogP contribution < -0.4 is 0 Å². The standard InChI is InChI=1S/C22H30O4S6/c1-5-7-15-9-13(3)31(23,24)21-17(15)11-19(27-21)29-30-20-12-18-16(8-6-2)10-14(4)32(25,26)22(18)28-20/h11-16H,5-10H2,1-4H3/t13-,14-,15-,16-/m0/s1. The molecular formula is C22H30O4S6. The molecule has 2 aromatic heterocycles. The predicted molar refractivity (Wildman–Crippen MR) is 138 cm³/mol. The molecule has 0 N–H and O–H groups in total. The van der Waals surface area contributed by atoms with Crippen LogP contribution >= 0.6 is 44.3 Å². The van der Waals surface area contributed by atoms with Gasteiger partial charge in [0.25, 0.3) is 0 Å². The summed E-state index contributed by atoms with van der Waals surface area (Å²) in [5.41, 5.74) is 1.98. The van der Waals surface area contributed by atoms with Gasteiger partial charge in [-0.2, -0.15) is 0 Å². The van der Waals surface area contributed by atoms with Crippen LogP contribution in [0.4, 0.5) is 0 Å². The van der Waals surface area contributed by atoms with Crippen molar-refractivity contribution in [1.82, 2.24) is 0 Å². The molecule has 0 fully saturated rings. The first-order valence-corrected chi connectivity index (χ1v) is 18.1. The van der Waals surface area contributed by atoms with E-state index < -0.39 is 19.7 Å². The first kappa shape index (κ1) is 25.1. The number of hydrogen-bond donors (Lipinski definition) is 0. The molecule has 0 aliphatic carbocycles. The smallest absolute Gasteiger partial charge is 0.190 e. The second-order valence-corrected chi connectivity index (χ2v) is 18.9. The third-order valence-corrected chi connectivity index (χ3v) is 17.6. The third-order valence-electron chi connectivity index (χ3n) is 6.57. The fourth-order valence-corrected chi connectivity index (χ4v) is 15.1. The van der Waals surface area contributed by atoms with E-state index in [-0.39, 0.29) is 10.5 Å². The van der Waals surface area contributed by atoms with E-state index in [0.717, 1.165) is 45.2 Å². The van der Waals surface area contributed by atoms with Gasteiger partial charge in [0.2, 0.25) is 0 Å². The summed E-state index contributed by atoms with van der Waals surface area (Å²) in [7, 11) is -3.40. The fourth-order valence-electron chi connectivity index (χ4n) is 4.83. The van der Waals surface area contributed by atoms with Gasteiger partial charge in [-0.15, -0.1) is 22.7 Å². The van der Waals surface area contributed by atoms with Crippen LogP contribution in [0, 0.1) is 0 Å². The average Bonchev–Trinajstić information content (AvgIpc) is 3.35. The largest absolute Gasteiger partial charge is 0.223 e. The van der Waals surface area contributed by atoms with Crippen molar-refractivity contribution in [3.05, 3.63) is 23.3 Å². The zero-order valence-corrected chi connectivity index (χ0v) is 23.7. The van der Waals surface area contributed by atoms with Crippen LogP contribution in [0.15, 0.2) is 29.0 Å². The van der Waals surface area contributed by atoms with E-state index >= 15 is 0 Å². The molecule has 4 rings (SSSR count). The molecule has 0 aromatic carbocycles. The lowest BCUT2D eigenvalue weighted by Gasteiger charge is -2.26. The van der Waals surface area contributed by atoms with Gasteiger partial charge in [0.15, 0.2) is 19.7 Å². The number of rotatable bonds is 7. The van der Waals surface area contributed by atoms with Crippen LogP contribution in [0.5, 0.6) is 0 Å². The summed E-state index contributed by atoms with van der Waals surface area (Å²) in [6, 6.07) is 4.13. The molecule has 4 nitrogen and oxygen atoms in total. The maximum Gasteiger partial charge on any atom is 0.190 e. The monoisotopic (exact) mass is 550 g/mol. The third kappa shape index (κ3) is 4.49. The lowest BCUT2D eigenvalue weighted by Crippen LogP contribution is -2.26. The van der Waals surface area contributed by atoms with E-state index in [1.54, 1.807) is 21.6 Å². The van der Waals surface area contributed by atoms with Crippen molar-refractivity contribution in [2.75, 3.05) is 0 Å². The van der Waals surface area contributed by atoms with Crippen molar-refractivity contribution in [2.45, 2.75) is 105 Å². The summed E-state index contributed by atoms with van der Waals surface area (Å²) in [6.45, 7) is 7.94. The van der Waals surface area contributed by atoms with Crippen molar-refractivity contribution >= 4 is 63.9 Å². The highest BCUT2D eigenvalue weighted by molar-refractivity contribution is 8.77. The highest BCUT2D eigenvalue weighted by Gasteiger charge is 2.39. The number of hydrogen-bond acceptors (Lipinski definition) is 8. The summed E-state index contributed by atoms with van der Waals surface area (Å²) >= 11 is 2.76. The van der Waals surface area contributed by atoms with Gasteiger partial charge in [0.05, 0.1) is 18.9 Å². The van der Waals surface area contributed by atoms with E-state index in [4.69, 9.17) is 0 Å². The average molecular weight is 551 g/mol. The molecule has 2 aliphatic rings. The molecular weight excluding hydrogens is 521 g/mol. The fraction of sp³-hybridized carbons (Fsp3) is 0.636. The lowest BCUT2D eigenvalue weighted by atomic mass is 9.92. The minimum Gasteiger partial charge on any atom is -0.223 e. The summed E-state index contributed by atoms with van der Waals surface area (Å²) < 4.78 is 54.7. The van der Waals surface area contributed by atoms with Crippen molar-refractivity contribution in [3.63, 3.8) is 0 Å². The van der Waals surface area contributed by atoms with Gasteiger partial charge >= 0.3 is 0 Å². The zero-order valence-electron chi connectivity index (χ0n) is 18.8. The van der Waals surface area contributed by atoms with Crippen molar-refractivity contribution in [2.24, 2.45) is 0 Å². The van der Waals surface area contributed by atoms with Crippen LogP contribution in [0.1, 0.15) is 89.2 Å². The summed E-state index contributed by atoms with van der Waals surface area (Å²) in [5.74, 6) is 0.610. The van der Waals surface area contributed by atoms with Gasteiger partial charge in [-0.1, -0.05) is 26.7 Å². The van der Waals surface area contributed by atoms with Gasteiger partial charge in [-0.25, -0.2) is 16.8 Å². The number of thiophene rings is 2. The molecule has 178 valence electrons. The van der Waals surface area contributed by atoms with E-state index in [2.05, 4.69) is 26.0 Å². The first-order valence-electron chi connectivity index (χ1n) is 11.2. The van der Waals surface area contributed by atoms with E-state index in [9.17, 15) is 16.8 Å². The number of sulfone groups is 2. The molecule has 0 unspecified atom stereocenters. The molecule has 32 heavy (non-hydrogen) atoms. The minimum atomic E-state index is -3.25. The maximum absolute atomic E-state index is 12.9. The van der Waals surface area contributed by atoms with E-state index in [1.165, 1.54) is 22.7 Å². The highest BCUT2D eigenvalue weighted by atomic mass is 33.1. The molecule has 10 heteroatoms. The van der Waals surface area contributed by atoms with Gasteiger partial charge in [0, 0.05) is 0 Å². The van der Waals surface area contributed by atoms with Gasteiger partial charge in [0.1, 0.15) is 8.42 Å². The Morgan fingerprint density at radius 2 is 1.16 bits per heavy atom. The molecule has 0 saturated heterocycles. The van der Waals surface area contributed by atoms with Crippen LogP contribution in [-0.4, -0.2) is 27.3 Å². The number of fused-ring (bicyclic) bond motifs is 2. The molecule has 2 aromatic rings. The summed E-state index contributed by atoms with van der Waals surface area (Å²) in [4.78, 5) is 0. The van der Waals surface area contributed by atoms with Crippen LogP contribution in [0.2, 0.25) is 0 Å². The Bertz CT molecular complexity index is 1100. The Labute approximate surface area is 208 Å². The van der Waals surface area contributed by atoms with Gasteiger partial charge < -0.3 is 0 Å². The van der Waals surface area contributed by atoms with Crippen LogP contribution in [0.25, 0.3) is 0 Å². The Morgan fingerprint density at radius 3 is 1.50 bits per heavy atom. The molecule has 2 aliphatic heterocycles. The first-order chi connectivity index (χ1) is 15.1. The van der Waals surface area contributed by atoms with E-state index in [0.29, 0.717) is 33.1 Å². The molecule has 0 saturated carbocycles. The Kier molecular flexibility index (Phi) is 7.51. The molecule has 0 radical (unpaired) electrons. The molecule has 0 bridgehead atoms. The Hall–Kier alpha value is -0.000000000000000222. The van der Waals surface area contributed by atoms with Crippen LogP contribution in [-0.2, 0) is 19.7 Å². The Balaban J connectivity index is 1.60. The highest BCUT2D eigenvalue weighted by Crippen LogP contribution is 2.53. The predicted octanol–water partition coefficient (Wildman–Crippen LogP) is 7.51.